The van der Waals surface area contributed by atoms with E-state index < -0.39 is 23.1 Å². The Kier molecular flexibility index (Phi) is 5.99. The molecule has 0 aliphatic carbocycles. The van der Waals surface area contributed by atoms with Crippen molar-refractivity contribution in [2.24, 2.45) is 7.05 Å². The maximum atomic E-state index is 13.1. The third-order valence-corrected chi connectivity index (χ3v) is 5.18. The number of rotatable bonds is 6. The van der Waals surface area contributed by atoms with Crippen LogP contribution in [-0.4, -0.2) is 56.3 Å². The first kappa shape index (κ1) is 22.2. The van der Waals surface area contributed by atoms with Gasteiger partial charge in [0.1, 0.15) is 11.3 Å². The minimum Gasteiger partial charge on any atom is -0.388 e. The van der Waals surface area contributed by atoms with E-state index >= 15 is 0 Å². The van der Waals surface area contributed by atoms with Crippen molar-refractivity contribution in [2.75, 3.05) is 19.0 Å². The Morgan fingerprint density at radius 3 is 2.39 bits per heavy atom. The molecule has 0 aliphatic heterocycles. The Morgan fingerprint density at radius 2 is 1.87 bits per heavy atom. The van der Waals surface area contributed by atoms with Gasteiger partial charge in [-0.2, -0.15) is 14.9 Å². The highest BCUT2D eigenvalue weighted by molar-refractivity contribution is 5.95. The van der Waals surface area contributed by atoms with E-state index in [-0.39, 0.29) is 5.56 Å². The number of aryl methyl sites for hydroxylation is 1. The highest BCUT2D eigenvalue weighted by atomic mass is 16.3. The zero-order chi connectivity index (χ0) is 22.9. The summed E-state index contributed by atoms with van der Waals surface area (Å²) in [7, 11) is 5.63. The van der Waals surface area contributed by atoms with Gasteiger partial charge in [-0.1, -0.05) is 12.1 Å². The smallest absolute Gasteiger partial charge is 0.284 e. The van der Waals surface area contributed by atoms with Crippen LogP contribution in [0.3, 0.4) is 0 Å². The van der Waals surface area contributed by atoms with Gasteiger partial charge in [-0.05, 0) is 39.0 Å². The summed E-state index contributed by atoms with van der Waals surface area (Å²) in [5.74, 6) is -0.578. The Bertz CT molecular complexity index is 1140. The molecule has 0 saturated carbocycles. The minimum atomic E-state index is -1.14. The number of nitrogens with zero attached hydrogens (tertiary/aromatic N) is 5. The van der Waals surface area contributed by atoms with Crippen LogP contribution in [0, 0.1) is 0 Å². The quantitative estimate of drug-likeness (QED) is 0.623. The number of hydrogen-bond acceptors (Lipinski definition) is 6. The topological polar surface area (TPSA) is 105 Å². The molecular formula is C22H28N6O3. The molecule has 3 aromatic rings. The average molecular weight is 425 g/mol. The van der Waals surface area contributed by atoms with Crippen LogP contribution in [0.2, 0.25) is 0 Å². The first-order valence-electron chi connectivity index (χ1n) is 9.92. The van der Waals surface area contributed by atoms with Crippen LogP contribution < -0.4 is 15.8 Å². The molecule has 164 valence electrons. The summed E-state index contributed by atoms with van der Waals surface area (Å²) in [5, 5.41) is 21.5. The minimum absolute atomic E-state index is 0.0679. The van der Waals surface area contributed by atoms with Gasteiger partial charge in [0.15, 0.2) is 0 Å². The van der Waals surface area contributed by atoms with Crippen LogP contribution in [0.5, 0.6) is 0 Å². The molecule has 0 radical (unpaired) electrons. The molecule has 1 amide bonds. The maximum Gasteiger partial charge on any atom is 0.284 e. The van der Waals surface area contributed by atoms with Gasteiger partial charge >= 0.3 is 0 Å². The molecule has 1 atom stereocenters. The third-order valence-electron chi connectivity index (χ3n) is 5.18. The zero-order valence-electron chi connectivity index (χ0n) is 18.6. The molecule has 0 saturated heterocycles. The summed E-state index contributed by atoms with van der Waals surface area (Å²) in [4.78, 5) is 28.0. The second-order valence-electron chi connectivity index (χ2n) is 8.32. The van der Waals surface area contributed by atoms with Gasteiger partial charge in [0.25, 0.3) is 11.5 Å². The monoisotopic (exact) mass is 424 g/mol. The fourth-order valence-corrected chi connectivity index (χ4v) is 2.87. The number of amides is 1. The van der Waals surface area contributed by atoms with E-state index in [2.05, 4.69) is 15.5 Å². The Hall–Kier alpha value is -3.46. The van der Waals surface area contributed by atoms with Crippen molar-refractivity contribution in [1.82, 2.24) is 24.9 Å². The highest BCUT2D eigenvalue weighted by Crippen LogP contribution is 2.21. The second kappa shape index (κ2) is 8.35. The number of carbonyl (C=O) groups excluding carboxylic acids is 1. The number of benzene rings is 1. The summed E-state index contributed by atoms with van der Waals surface area (Å²) in [5.41, 5.74) is 0.909. The van der Waals surface area contributed by atoms with Gasteiger partial charge in [0, 0.05) is 32.4 Å². The predicted molar refractivity (Wildman–Crippen MR) is 120 cm³/mol. The maximum absolute atomic E-state index is 13.1. The zero-order valence-corrected chi connectivity index (χ0v) is 18.6. The van der Waals surface area contributed by atoms with Gasteiger partial charge in [-0.15, -0.1) is 0 Å². The van der Waals surface area contributed by atoms with Crippen LogP contribution in [0.1, 0.15) is 31.1 Å². The van der Waals surface area contributed by atoms with Crippen molar-refractivity contribution >= 4 is 11.6 Å². The van der Waals surface area contributed by atoms with E-state index in [9.17, 15) is 14.7 Å². The van der Waals surface area contributed by atoms with E-state index in [1.165, 1.54) is 16.9 Å². The average Bonchev–Trinajstić information content (AvgIpc) is 3.13. The van der Waals surface area contributed by atoms with Crippen molar-refractivity contribution in [1.29, 1.82) is 0 Å². The Balaban J connectivity index is 2.12. The molecule has 0 unspecified atom stereocenters. The standard InChI is InChI=1S/C22H28N6O3/c1-14(22(2,3)31)24-20(29)18-11-19(15-7-9-16(10-8-15)26(4)5)25-28(21(18)30)17-12-23-27(6)13-17/h7-14,31H,1-6H3,(H,24,29)/t14-/m0/s1. The molecule has 3 rings (SSSR count). The van der Waals surface area contributed by atoms with E-state index in [1.807, 2.05) is 43.3 Å². The Labute approximate surface area is 180 Å². The summed E-state index contributed by atoms with van der Waals surface area (Å²) in [6.45, 7) is 4.87. The summed E-state index contributed by atoms with van der Waals surface area (Å²) < 4.78 is 2.73. The fraction of sp³-hybridized carbons (Fsp3) is 0.364. The lowest BCUT2D eigenvalue weighted by Crippen LogP contribution is -2.48. The predicted octanol–water partition coefficient (Wildman–Crippen LogP) is 1.59. The largest absolute Gasteiger partial charge is 0.388 e. The van der Waals surface area contributed by atoms with Crippen LogP contribution in [0.4, 0.5) is 5.69 Å². The molecule has 9 nitrogen and oxygen atoms in total. The number of nitrogens with one attached hydrogen (secondary N) is 1. The lowest BCUT2D eigenvalue weighted by atomic mass is 10.0. The van der Waals surface area contributed by atoms with E-state index in [1.54, 1.807) is 38.7 Å². The highest BCUT2D eigenvalue weighted by Gasteiger charge is 2.26. The molecule has 0 bridgehead atoms. The summed E-state index contributed by atoms with van der Waals surface area (Å²) in [6.07, 6.45) is 3.16. The normalized spacial score (nSPS) is 12.5. The fourth-order valence-electron chi connectivity index (χ4n) is 2.87. The van der Waals surface area contributed by atoms with Gasteiger partial charge < -0.3 is 15.3 Å². The first-order chi connectivity index (χ1) is 14.5. The number of aliphatic hydroxyl groups is 1. The molecule has 9 heteroatoms. The van der Waals surface area contributed by atoms with Gasteiger partial charge in [-0.25, -0.2) is 0 Å². The SMILES string of the molecule is C[C@H](NC(=O)c1cc(-c2ccc(N(C)C)cc2)nn(-c2cnn(C)c2)c1=O)C(C)(C)O. The molecule has 2 N–H and O–H groups in total. The number of carbonyl (C=O) groups is 1. The molecule has 0 spiro atoms. The molecule has 2 heterocycles. The molecule has 2 aromatic heterocycles. The molecular weight excluding hydrogens is 396 g/mol. The number of anilines is 1. The van der Waals surface area contributed by atoms with Gasteiger partial charge in [-0.3, -0.25) is 14.3 Å². The van der Waals surface area contributed by atoms with E-state index in [0.717, 1.165) is 11.3 Å². The molecule has 0 aliphatic rings. The second-order valence-corrected chi connectivity index (χ2v) is 8.32. The van der Waals surface area contributed by atoms with Crippen molar-refractivity contribution in [3.63, 3.8) is 0 Å². The van der Waals surface area contributed by atoms with Crippen molar-refractivity contribution < 1.29 is 9.90 Å². The van der Waals surface area contributed by atoms with E-state index in [4.69, 9.17) is 0 Å². The molecule has 1 aromatic carbocycles. The van der Waals surface area contributed by atoms with Crippen molar-refractivity contribution in [2.45, 2.75) is 32.4 Å². The molecule has 31 heavy (non-hydrogen) atoms. The van der Waals surface area contributed by atoms with Crippen LogP contribution >= 0.6 is 0 Å². The molecule has 0 fully saturated rings. The van der Waals surface area contributed by atoms with Crippen LogP contribution in [0.15, 0.2) is 47.5 Å². The van der Waals surface area contributed by atoms with E-state index in [0.29, 0.717) is 11.4 Å². The number of hydrogen-bond donors (Lipinski definition) is 2. The third kappa shape index (κ3) is 4.83. The van der Waals surface area contributed by atoms with Gasteiger partial charge in [0.2, 0.25) is 0 Å². The summed E-state index contributed by atoms with van der Waals surface area (Å²) >= 11 is 0. The van der Waals surface area contributed by atoms with Crippen LogP contribution in [0.25, 0.3) is 16.9 Å². The van der Waals surface area contributed by atoms with Gasteiger partial charge in [0.05, 0.1) is 29.7 Å². The number of aromatic nitrogens is 4. The summed E-state index contributed by atoms with van der Waals surface area (Å²) in [6, 6.07) is 8.56. The Morgan fingerprint density at radius 1 is 1.23 bits per heavy atom. The van der Waals surface area contributed by atoms with Crippen molar-refractivity contribution in [3.05, 3.63) is 58.6 Å². The lowest BCUT2D eigenvalue weighted by Gasteiger charge is -2.26. The van der Waals surface area contributed by atoms with Crippen molar-refractivity contribution in [3.8, 4) is 16.9 Å². The lowest BCUT2D eigenvalue weighted by molar-refractivity contribution is 0.0408. The first-order valence-corrected chi connectivity index (χ1v) is 9.92. The van der Waals surface area contributed by atoms with Crippen LogP contribution in [-0.2, 0) is 7.05 Å².